The van der Waals surface area contributed by atoms with E-state index in [1.54, 1.807) is 42.5 Å². The van der Waals surface area contributed by atoms with Crippen LogP contribution in [0.5, 0.6) is 11.5 Å². The highest BCUT2D eigenvalue weighted by atomic mass is 16.6. The summed E-state index contributed by atoms with van der Waals surface area (Å²) in [6.45, 7) is 3.84. The molecular weight excluding hydrogens is 394 g/mol. The van der Waals surface area contributed by atoms with E-state index < -0.39 is 18.0 Å². The van der Waals surface area contributed by atoms with Crippen molar-refractivity contribution >= 4 is 17.6 Å². The van der Waals surface area contributed by atoms with Crippen molar-refractivity contribution in [2.75, 3.05) is 19.5 Å². The van der Waals surface area contributed by atoms with Gasteiger partial charge < -0.3 is 19.5 Å². The summed E-state index contributed by atoms with van der Waals surface area (Å²) in [4.78, 5) is 26.3. The third kappa shape index (κ3) is 5.04. The number of benzene rings is 3. The van der Waals surface area contributed by atoms with Gasteiger partial charge in [0.15, 0.2) is 0 Å². The van der Waals surface area contributed by atoms with Gasteiger partial charge in [-0.3, -0.25) is 4.79 Å². The molecule has 3 aromatic carbocycles. The molecule has 0 bridgehead atoms. The van der Waals surface area contributed by atoms with Crippen LogP contribution in [0.15, 0.2) is 66.7 Å². The van der Waals surface area contributed by atoms with E-state index in [1.807, 2.05) is 38.1 Å². The number of hydrogen-bond acceptors (Lipinski definition) is 5. The Hall–Kier alpha value is -3.80. The molecule has 0 aliphatic carbocycles. The summed E-state index contributed by atoms with van der Waals surface area (Å²) in [7, 11) is 2.90. The highest BCUT2D eigenvalue weighted by Gasteiger charge is 2.29. The zero-order chi connectivity index (χ0) is 22.4. The third-order valence-corrected chi connectivity index (χ3v) is 4.85. The fourth-order valence-corrected chi connectivity index (χ4v) is 3.19. The fourth-order valence-electron chi connectivity index (χ4n) is 3.19. The minimum absolute atomic E-state index is 0.118. The zero-order valence-corrected chi connectivity index (χ0v) is 18.0. The first-order valence-corrected chi connectivity index (χ1v) is 9.79. The SMILES string of the molecule is COc1cccc(OC)c1C(=O)OC(C(=O)Nc1cc(C)ccc1C)c1ccccc1. The van der Waals surface area contributed by atoms with Gasteiger partial charge in [-0.1, -0.05) is 48.5 Å². The number of carbonyl (C=O) groups excluding carboxylic acids is 2. The van der Waals surface area contributed by atoms with Crippen LogP contribution in [-0.4, -0.2) is 26.1 Å². The average Bonchev–Trinajstić information content (AvgIpc) is 2.79. The topological polar surface area (TPSA) is 73.9 Å². The molecule has 0 aliphatic heterocycles. The molecule has 6 nitrogen and oxygen atoms in total. The maximum atomic E-state index is 13.2. The molecule has 1 amide bonds. The lowest BCUT2D eigenvalue weighted by atomic mass is 10.1. The van der Waals surface area contributed by atoms with Gasteiger partial charge in [-0.2, -0.15) is 0 Å². The molecule has 1 atom stereocenters. The minimum atomic E-state index is -1.16. The molecule has 31 heavy (non-hydrogen) atoms. The molecule has 0 radical (unpaired) electrons. The molecule has 0 aliphatic rings. The van der Waals surface area contributed by atoms with Gasteiger partial charge in [-0.05, 0) is 43.2 Å². The van der Waals surface area contributed by atoms with Gasteiger partial charge >= 0.3 is 5.97 Å². The van der Waals surface area contributed by atoms with Crippen LogP contribution in [0, 0.1) is 13.8 Å². The Morgan fingerprint density at radius 3 is 2.10 bits per heavy atom. The van der Waals surface area contributed by atoms with Crippen LogP contribution in [0.3, 0.4) is 0 Å². The van der Waals surface area contributed by atoms with Crippen molar-refractivity contribution in [1.82, 2.24) is 0 Å². The van der Waals surface area contributed by atoms with Gasteiger partial charge in [0.05, 0.1) is 14.2 Å². The lowest BCUT2D eigenvalue weighted by Gasteiger charge is -2.20. The number of methoxy groups -OCH3 is 2. The average molecular weight is 419 g/mol. The number of aryl methyl sites for hydroxylation is 2. The van der Waals surface area contributed by atoms with Crippen LogP contribution < -0.4 is 14.8 Å². The molecule has 1 N–H and O–H groups in total. The van der Waals surface area contributed by atoms with Crippen LogP contribution in [0.2, 0.25) is 0 Å². The van der Waals surface area contributed by atoms with E-state index in [9.17, 15) is 9.59 Å². The van der Waals surface area contributed by atoms with E-state index in [0.29, 0.717) is 22.7 Å². The predicted molar refractivity (Wildman–Crippen MR) is 119 cm³/mol. The number of esters is 1. The Labute approximate surface area is 181 Å². The molecular formula is C25H25NO5. The summed E-state index contributed by atoms with van der Waals surface area (Å²) < 4.78 is 16.3. The maximum absolute atomic E-state index is 13.2. The van der Waals surface area contributed by atoms with Gasteiger partial charge in [-0.15, -0.1) is 0 Å². The highest BCUT2D eigenvalue weighted by Crippen LogP contribution is 2.31. The summed E-state index contributed by atoms with van der Waals surface area (Å²) in [5.41, 5.74) is 3.24. The second-order valence-electron chi connectivity index (χ2n) is 7.04. The summed E-state index contributed by atoms with van der Waals surface area (Å²) in [6, 6.07) is 19.6. The first kappa shape index (κ1) is 21.9. The van der Waals surface area contributed by atoms with Crippen molar-refractivity contribution in [2.24, 2.45) is 0 Å². The van der Waals surface area contributed by atoms with Crippen molar-refractivity contribution < 1.29 is 23.8 Å². The molecule has 0 spiro atoms. The van der Waals surface area contributed by atoms with Crippen LogP contribution >= 0.6 is 0 Å². The number of amides is 1. The highest BCUT2D eigenvalue weighted by molar-refractivity contribution is 6.00. The van der Waals surface area contributed by atoms with Crippen molar-refractivity contribution in [3.63, 3.8) is 0 Å². The van der Waals surface area contributed by atoms with Crippen molar-refractivity contribution in [2.45, 2.75) is 20.0 Å². The van der Waals surface area contributed by atoms with Crippen molar-refractivity contribution in [3.8, 4) is 11.5 Å². The summed E-state index contributed by atoms with van der Waals surface area (Å²) in [5.74, 6) is -0.585. The van der Waals surface area contributed by atoms with Gasteiger partial charge in [0.1, 0.15) is 17.1 Å². The lowest BCUT2D eigenvalue weighted by Crippen LogP contribution is -2.26. The Morgan fingerprint density at radius 1 is 0.839 bits per heavy atom. The first-order valence-electron chi connectivity index (χ1n) is 9.79. The predicted octanol–water partition coefficient (Wildman–Crippen LogP) is 4.86. The summed E-state index contributed by atoms with van der Waals surface area (Å²) >= 11 is 0. The Bertz CT molecular complexity index is 1060. The van der Waals surface area contributed by atoms with Crippen molar-refractivity contribution in [1.29, 1.82) is 0 Å². The smallest absolute Gasteiger partial charge is 0.346 e. The number of nitrogens with one attached hydrogen (secondary N) is 1. The summed E-state index contributed by atoms with van der Waals surface area (Å²) in [6.07, 6.45) is -1.16. The number of ether oxygens (including phenoxy) is 3. The molecule has 1 unspecified atom stereocenters. The zero-order valence-electron chi connectivity index (χ0n) is 18.0. The standard InChI is InChI=1S/C25H25NO5/c1-16-13-14-17(2)19(15-16)26-24(27)23(18-9-6-5-7-10-18)31-25(28)22-20(29-3)11-8-12-21(22)30-4/h5-15,23H,1-4H3,(H,26,27). The molecule has 0 saturated heterocycles. The van der Waals surface area contributed by atoms with E-state index in [2.05, 4.69) is 5.32 Å². The van der Waals surface area contributed by atoms with Crippen LogP contribution in [0.4, 0.5) is 5.69 Å². The second-order valence-corrected chi connectivity index (χ2v) is 7.04. The third-order valence-electron chi connectivity index (χ3n) is 4.85. The van der Waals surface area contributed by atoms with Crippen LogP contribution in [0.25, 0.3) is 0 Å². The molecule has 160 valence electrons. The van der Waals surface area contributed by atoms with Crippen LogP contribution in [0.1, 0.15) is 33.2 Å². The van der Waals surface area contributed by atoms with E-state index in [4.69, 9.17) is 14.2 Å². The largest absolute Gasteiger partial charge is 0.496 e. The van der Waals surface area contributed by atoms with E-state index in [0.717, 1.165) is 11.1 Å². The monoisotopic (exact) mass is 419 g/mol. The van der Waals surface area contributed by atoms with E-state index in [1.165, 1.54) is 14.2 Å². The fraction of sp³-hybridized carbons (Fsp3) is 0.200. The van der Waals surface area contributed by atoms with Crippen LogP contribution in [-0.2, 0) is 9.53 Å². The van der Waals surface area contributed by atoms with E-state index >= 15 is 0 Å². The lowest BCUT2D eigenvalue weighted by molar-refractivity contribution is -0.125. The first-order chi connectivity index (χ1) is 14.9. The van der Waals surface area contributed by atoms with Gasteiger partial charge in [0, 0.05) is 11.3 Å². The van der Waals surface area contributed by atoms with E-state index in [-0.39, 0.29) is 5.56 Å². The molecule has 0 aromatic heterocycles. The van der Waals surface area contributed by atoms with Gasteiger partial charge in [-0.25, -0.2) is 4.79 Å². The molecule has 6 heteroatoms. The molecule has 3 rings (SSSR count). The minimum Gasteiger partial charge on any atom is -0.496 e. The Morgan fingerprint density at radius 2 is 1.48 bits per heavy atom. The Balaban J connectivity index is 1.95. The molecule has 0 saturated carbocycles. The number of anilines is 1. The second kappa shape index (κ2) is 9.80. The molecule has 3 aromatic rings. The van der Waals surface area contributed by atoms with Gasteiger partial charge in [0.25, 0.3) is 5.91 Å². The Kier molecular flexibility index (Phi) is 6.92. The summed E-state index contributed by atoms with van der Waals surface area (Å²) in [5, 5.41) is 2.88. The number of carbonyl (C=O) groups is 2. The molecule has 0 heterocycles. The maximum Gasteiger partial charge on any atom is 0.346 e. The van der Waals surface area contributed by atoms with Gasteiger partial charge in [0.2, 0.25) is 6.10 Å². The van der Waals surface area contributed by atoms with Crippen molar-refractivity contribution in [3.05, 3.63) is 89.0 Å². The normalized spacial score (nSPS) is 11.4. The number of rotatable bonds is 7. The molecule has 0 fully saturated rings. The number of hydrogen-bond donors (Lipinski definition) is 1. The quantitative estimate of drug-likeness (QED) is 0.554.